The molecule has 0 unspecified atom stereocenters. The van der Waals surface area contributed by atoms with Crippen molar-refractivity contribution in [3.8, 4) is 11.5 Å². The second kappa shape index (κ2) is 7.16. The van der Waals surface area contributed by atoms with E-state index < -0.39 is 6.61 Å². The van der Waals surface area contributed by atoms with Crippen LogP contribution in [0, 0.1) is 5.92 Å². The Hall–Kier alpha value is -1.36. The van der Waals surface area contributed by atoms with Crippen molar-refractivity contribution in [2.75, 3.05) is 13.7 Å². The molecule has 3 nitrogen and oxygen atoms in total. The van der Waals surface area contributed by atoms with E-state index in [-0.39, 0.29) is 5.75 Å². The van der Waals surface area contributed by atoms with Crippen LogP contribution in [-0.2, 0) is 6.54 Å². The van der Waals surface area contributed by atoms with E-state index >= 15 is 0 Å². The number of methoxy groups -OCH3 is 1. The molecular weight excluding hydrogens is 240 g/mol. The Morgan fingerprint density at radius 2 is 2.00 bits per heavy atom. The van der Waals surface area contributed by atoms with Gasteiger partial charge in [-0.1, -0.05) is 26.0 Å². The van der Waals surface area contributed by atoms with Crippen molar-refractivity contribution in [1.82, 2.24) is 5.32 Å². The molecule has 0 aliphatic heterocycles. The van der Waals surface area contributed by atoms with Gasteiger partial charge < -0.3 is 14.8 Å². The van der Waals surface area contributed by atoms with Gasteiger partial charge in [0.1, 0.15) is 0 Å². The molecule has 0 aromatic heterocycles. The molecule has 0 radical (unpaired) electrons. The van der Waals surface area contributed by atoms with Crippen molar-refractivity contribution in [2.24, 2.45) is 5.92 Å². The molecule has 1 aromatic carbocycles. The van der Waals surface area contributed by atoms with E-state index in [1.54, 1.807) is 18.2 Å². The summed E-state index contributed by atoms with van der Waals surface area (Å²) < 4.78 is 34.3. The molecule has 0 fully saturated rings. The van der Waals surface area contributed by atoms with Crippen molar-refractivity contribution in [3.63, 3.8) is 0 Å². The van der Waals surface area contributed by atoms with Crippen LogP contribution in [0.2, 0.25) is 0 Å². The summed E-state index contributed by atoms with van der Waals surface area (Å²) in [5.41, 5.74) is 0.662. The van der Waals surface area contributed by atoms with Gasteiger partial charge in [-0.15, -0.1) is 0 Å². The molecule has 0 atom stereocenters. The van der Waals surface area contributed by atoms with E-state index in [0.717, 1.165) is 6.54 Å². The second-order valence-electron chi connectivity index (χ2n) is 4.35. The van der Waals surface area contributed by atoms with E-state index in [4.69, 9.17) is 4.74 Å². The van der Waals surface area contributed by atoms with Crippen LogP contribution in [0.25, 0.3) is 0 Å². The first kappa shape index (κ1) is 14.7. The average molecular weight is 259 g/mol. The maximum atomic E-state index is 12.4. The minimum Gasteiger partial charge on any atom is -0.493 e. The summed E-state index contributed by atoms with van der Waals surface area (Å²) in [7, 11) is 1.43. The highest BCUT2D eigenvalue weighted by atomic mass is 19.3. The van der Waals surface area contributed by atoms with Crippen LogP contribution < -0.4 is 14.8 Å². The number of alkyl halides is 2. The van der Waals surface area contributed by atoms with Crippen molar-refractivity contribution in [1.29, 1.82) is 0 Å². The quantitative estimate of drug-likeness (QED) is 0.816. The van der Waals surface area contributed by atoms with Crippen molar-refractivity contribution in [2.45, 2.75) is 27.0 Å². The summed E-state index contributed by atoms with van der Waals surface area (Å²) in [6.45, 7) is 2.58. The van der Waals surface area contributed by atoms with Gasteiger partial charge in [0.25, 0.3) is 0 Å². The highest BCUT2D eigenvalue weighted by Crippen LogP contribution is 2.32. The number of para-hydroxylation sites is 1. The van der Waals surface area contributed by atoms with Crippen LogP contribution in [0.1, 0.15) is 19.4 Å². The van der Waals surface area contributed by atoms with Gasteiger partial charge in [-0.2, -0.15) is 8.78 Å². The molecule has 1 aromatic rings. The third-order valence-corrected chi connectivity index (χ3v) is 2.36. The highest BCUT2D eigenvalue weighted by Gasteiger charge is 2.14. The third kappa shape index (κ3) is 4.49. The number of nitrogens with one attached hydrogen (secondary N) is 1. The molecule has 0 saturated carbocycles. The molecule has 1 rings (SSSR count). The SMILES string of the molecule is COc1cccc(CNCC(C)C)c1OC(F)F. The summed E-state index contributed by atoms with van der Waals surface area (Å²) in [5.74, 6) is 0.917. The average Bonchev–Trinajstić information content (AvgIpc) is 2.30. The summed E-state index contributed by atoms with van der Waals surface area (Å²) in [4.78, 5) is 0. The number of hydrogen-bond donors (Lipinski definition) is 1. The molecule has 5 heteroatoms. The molecule has 102 valence electrons. The second-order valence-corrected chi connectivity index (χ2v) is 4.35. The topological polar surface area (TPSA) is 30.5 Å². The minimum atomic E-state index is -2.86. The molecule has 0 amide bonds. The molecule has 0 aliphatic rings. The molecular formula is C13H19F2NO2. The van der Waals surface area contributed by atoms with Gasteiger partial charge in [0, 0.05) is 12.1 Å². The summed E-state index contributed by atoms with van der Waals surface area (Å²) in [5, 5.41) is 3.19. The first-order valence-electron chi connectivity index (χ1n) is 5.86. The minimum absolute atomic E-state index is 0.103. The van der Waals surface area contributed by atoms with Crippen LogP contribution in [0.3, 0.4) is 0 Å². The maximum absolute atomic E-state index is 12.4. The first-order valence-corrected chi connectivity index (χ1v) is 5.86. The largest absolute Gasteiger partial charge is 0.493 e. The molecule has 1 N–H and O–H groups in total. The van der Waals surface area contributed by atoms with E-state index in [9.17, 15) is 8.78 Å². The van der Waals surface area contributed by atoms with Gasteiger partial charge in [-0.25, -0.2) is 0 Å². The highest BCUT2D eigenvalue weighted by molar-refractivity contribution is 5.46. The van der Waals surface area contributed by atoms with Crippen molar-refractivity contribution in [3.05, 3.63) is 23.8 Å². The monoisotopic (exact) mass is 259 g/mol. The lowest BCUT2D eigenvalue weighted by Gasteiger charge is -2.15. The normalized spacial score (nSPS) is 11.1. The van der Waals surface area contributed by atoms with E-state index in [0.29, 0.717) is 23.8 Å². The lowest BCUT2D eigenvalue weighted by Crippen LogP contribution is -2.20. The zero-order valence-electron chi connectivity index (χ0n) is 10.9. The van der Waals surface area contributed by atoms with Gasteiger partial charge in [-0.3, -0.25) is 0 Å². The predicted octanol–water partition coefficient (Wildman–Crippen LogP) is 3.04. The lowest BCUT2D eigenvalue weighted by atomic mass is 10.1. The molecule has 0 bridgehead atoms. The van der Waals surface area contributed by atoms with Gasteiger partial charge in [0.2, 0.25) is 0 Å². The Kier molecular flexibility index (Phi) is 5.85. The zero-order chi connectivity index (χ0) is 13.5. The smallest absolute Gasteiger partial charge is 0.387 e. The summed E-state index contributed by atoms with van der Waals surface area (Å²) in [6.07, 6.45) is 0. The molecule has 0 aliphatic carbocycles. The summed E-state index contributed by atoms with van der Waals surface area (Å²) in [6, 6.07) is 5.10. The fourth-order valence-electron chi connectivity index (χ4n) is 1.58. The van der Waals surface area contributed by atoms with Gasteiger partial charge in [0.05, 0.1) is 7.11 Å². The Bertz CT molecular complexity index is 370. The lowest BCUT2D eigenvalue weighted by molar-refractivity contribution is -0.0518. The van der Waals surface area contributed by atoms with E-state index in [1.807, 2.05) is 0 Å². The molecule has 0 spiro atoms. The van der Waals surface area contributed by atoms with Crippen molar-refractivity contribution < 1.29 is 18.3 Å². The molecule has 0 saturated heterocycles. The fraction of sp³-hybridized carbons (Fsp3) is 0.538. The van der Waals surface area contributed by atoms with Crippen molar-refractivity contribution >= 4 is 0 Å². The fourth-order valence-corrected chi connectivity index (χ4v) is 1.58. The first-order chi connectivity index (χ1) is 8.54. The van der Waals surface area contributed by atoms with Crippen LogP contribution in [0.15, 0.2) is 18.2 Å². The van der Waals surface area contributed by atoms with Crippen LogP contribution in [0.5, 0.6) is 11.5 Å². The maximum Gasteiger partial charge on any atom is 0.387 e. The summed E-state index contributed by atoms with van der Waals surface area (Å²) >= 11 is 0. The van der Waals surface area contributed by atoms with Crippen LogP contribution in [0.4, 0.5) is 8.78 Å². The van der Waals surface area contributed by atoms with E-state index in [2.05, 4.69) is 23.9 Å². The van der Waals surface area contributed by atoms with Gasteiger partial charge in [-0.05, 0) is 18.5 Å². The van der Waals surface area contributed by atoms with E-state index in [1.165, 1.54) is 7.11 Å². The number of ether oxygens (including phenoxy) is 2. The Labute approximate surface area is 106 Å². The predicted molar refractivity (Wildman–Crippen MR) is 66.2 cm³/mol. The molecule has 18 heavy (non-hydrogen) atoms. The third-order valence-electron chi connectivity index (χ3n) is 2.36. The van der Waals surface area contributed by atoms with Crippen LogP contribution >= 0.6 is 0 Å². The Morgan fingerprint density at radius 3 is 2.56 bits per heavy atom. The number of hydrogen-bond acceptors (Lipinski definition) is 3. The number of halogens is 2. The van der Waals surface area contributed by atoms with Gasteiger partial charge >= 0.3 is 6.61 Å². The van der Waals surface area contributed by atoms with Gasteiger partial charge in [0.15, 0.2) is 11.5 Å². The zero-order valence-corrected chi connectivity index (χ0v) is 10.9. The Morgan fingerprint density at radius 1 is 1.28 bits per heavy atom. The Balaban J connectivity index is 2.81. The van der Waals surface area contributed by atoms with Crippen LogP contribution in [-0.4, -0.2) is 20.3 Å². The number of benzene rings is 1. The number of rotatable bonds is 7. The molecule has 0 heterocycles. The standard InChI is InChI=1S/C13H19F2NO2/c1-9(2)7-16-8-10-5-4-6-11(17-3)12(10)18-13(14)15/h4-6,9,13,16H,7-8H2,1-3H3.